The maximum Gasteiger partial charge on any atom is 0.189 e. The average molecular weight is 288 g/mol. The van der Waals surface area contributed by atoms with Crippen molar-refractivity contribution in [1.82, 2.24) is 4.90 Å². The molecule has 0 aliphatic carbocycles. The van der Waals surface area contributed by atoms with Crippen molar-refractivity contribution in [3.63, 3.8) is 0 Å². The minimum Gasteiger partial charge on any atom is -0.468 e. The fourth-order valence-electron chi connectivity index (χ4n) is 2.59. The minimum atomic E-state index is 0.300. The van der Waals surface area contributed by atoms with Crippen molar-refractivity contribution in [1.29, 1.82) is 0 Å². The average Bonchev–Trinajstić information content (AvgIpc) is 2.99. The van der Waals surface area contributed by atoms with Gasteiger partial charge >= 0.3 is 0 Å². The van der Waals surface area contributed by atoms with Gasteiger partial charge in [0.05, 0.1) is 19.4 Å². The van der Waals surface area contributed by atoms with E-state index in [9.17, 15) is 0 Å². The van der Waals surface area contributed by atoms with Crippen LogP contribution in [0.25, 0.3) is 0 Å². The van der Waals surface area contributed by atoms with E-state index in [0.717, 1.165) is 48.0 Å². The predicted octanol–water partition coefficient (Wildman–Crippen LogP) is 2.75. The summed E-state index contributed by atoms with van der Waals surface area (Å²) in [6, 6.07) is 7.80. The summed E-state index contributed by atoms with van der Waals surface area (Å²) >= 11 is 0. The van der Waals surface area contributed by atoms with Gasteiger partial charge in [0.15, 0.2) is 6.79 Å². The second kappa shape index (κ2) is 6.20. The lowest BCUT2D eigenvalue weighted by Gasteiger charge is -2.25. The number of ether oxygens (including phenoxy) is 2. The number of benzene rings is 1. The van der Waals surface area contributed by atoms with Crippen LogP contribution in [0.1, 0.15) is 23.8 Å². The molecule has 0 saturated heterocycles. The maximum atomic E-state index is 5.99. The molecule has 112 valence electrons. The van der Waals surface area contributed by atoms with E-state index in [1.54, 1.807) is 6.26 Å². The third-order valence-electron chi connectivity index (χ3n) is 3.61. The number of nitrogen functional groups attached to an aromatic ring is 1. The van der Waals surface area contributed by atoms with Crippen LogP contribution in [0.5, 0.6) is 5.75 Å². The van der Waals surface area contributed by atoms with Crippen molar-refractivity contribution < 1.29 is 13.9 Å². The highest BCUT2D eigenvalue weighted by atomic mass is 16.7. The molecule has 1 aromatic heterocycles. The molecule has 1 aliphatic heterocycles. The van der Waals surface area contributed by atoms with Crippen molar-refractivity contribution in [2.45, 2.75) is 26.6 Å². The van der Waals surface area contributed by atoms with Gasteiger partial charge in [-0.1, -0.05) is 6.92 Å². The van der Waals surface area contributed by atoms with E-state index < -0.39 is 0 Å². The lowest BCUT2D eigenvalue weighted by molar-refractivity contribution is -0.0174. The Hall–Kier alpha value is -1.98. The van der Waals surface area contributed by atoms with Gasteiger partial charge in [0.1, 0.15) is 11.5 Å². The maximum absolute atomic E-state index is 5.99. The standard InChI is InChI=1S/C16H20N2O3/c1-2-18(9-15-4-3-5-20-15)8-12-6-14(17)7-13-10-19-11-21-16(12)13/h3-7H,2,8-11,17H2,1H3. The third kappa shape index (κ3) is 3.20. The molecule has 0 bridgehead atoms. The Morgan fingerprint density at radius 3 is 2.95 bits per heavy atom. The monoisotopic (exact) mass is 288 g/mol. The molecule has 0 spiro atoms. The molecule has 0 radical (unpaired) electrons. The van der Waals surface area contributed by atoms with E-state index in [1.165, 1.54) is 0 Å². The number of nitrogens with two attached hydrogens (primary N) is 1. The molecule has 2 aromatic rings. The Kier molecular flexibility index (Phi) is 4.13. The molecule has 0 unspecified atom stereocenters. The molecule has 1 aromatic carbocycles. The van der Waals surface area contributed by atoms with Crippen LogP contribution in [0.4, 0.5) is 5.69 Å². The van der Waals surface area contributed by atoms with Crippen LogP contribution < -0.4 is 10.5 Å². The number of anilines is 1. The number of furan rings is 1. The molecule has 0 saturated carbocycles. The zero-order chi connectivity index (χ0) is 14.7. The lowest BCUT2D eigenvalue weighted by Crippen LogP contribution is -2.23. The second-order valence-corrected chi connectivity index (χ2v) is 5.16. The van der Waals surface area contributed by atoms with Crippen molar-refractivity contribution in [2.24, 2.45) is 0 Å². The topological polar surface area (TPSA) is 60.9 Å². The highest BCUT2D eigenvalue weighted by Crippen LogP contribution is 2.31. The smallest absolute Gasteiger partial charge is 0.189 e. The molecule has 5 nitrogen and oxygen atoms in total. The summed E-state index contributed by atoms with van der Waals surface area (Å²) in [4.78, 5) is 2.28. The summed E-state index contributed by atoms with van der Waals surface area (Å²) in [7, 11) is 0. The minimum absolute atomic E-state index is 0.300. The van der Waals surface area contributed by atoms with E-state index in [0.29, 0.717) is 13.4 Å². The van der Waals surface area contributed by atoms with Crippen LogP contribution >= 0.6 is 0 Å². The van der Waals surface area contributed by atoms with Crippen LogP contribution in [0.3, 0.4) is 0 Å². The summed E-state index contributed by atoms with van der Waals surface area (Å²) in [6.07, 6.45) is 1.70. The fraction of sp³-hybridized carbons (Fsp3) is 0.375. The van der Waals surface area contributed by atoms with Crippen LogP contribution in [-0.2, 0) is 24.4 Å². The molecule has 21 heavy (non-hydrogen) atoms. The van der Waals surface area contributed by atoms with E-state index in [2.05, 4.69) is 11.8 Å². The largest absolute Gasteiger partial charge is 0.468 e. The van der Waals surface area contributed by atoms with Gasteiger partial charge < -0.3 is 19.6 Å². The van der Waals surface area contributed by atoms with Gasteiger partial charge in [0.2, 0.25) is 0 Å². The van der Waals surface area contributed by atoms with E-state index in [4.69, 9.17) is 19.6 Å². The zero-order valence-corrected chi connectivity index (χ0v) is 12.2. The molecule has 5 heteroatoms. The second-order valence-electron chi connectivity index (χ2n) is 5.16. The van der Waals surface area contributed by atoms with Crippen LogP contribution in [0.2, 0.25) is 0 Å². The summed E-state index contributed by atoms with van der Waals surface area (Å²) in [6.45, 7) is 5.44. The molecule has 0 amide bonds. The van der Waals surface area contributed by atoms with E-state index >= 15 is 0 Å². The number of hydrogen-bond acceptors (Lipinski definition) is 5. The first-order valence-corrected chi connectivity index (χ1v) is 7.13. The predicted molar refractivity (Wildman–Crippen MR) is 79.6 cm³/mol. The molecule has 0 fully saturated rings. The Morgan fingerprint density at radius 2 is 2.19 bits per heavy atom. The molecule has 2 heterocycles. The number of fused-ring (bicyclic) bond motifs is 1. The molecule has 3 rings (SSSR count). The molecule has 0 atom stereocenters. The SMILES string of the molecule is CCN(Cc1ccco1)Cc1cc(N)cc2c1OCOC2. The molecular weight excluding hydrogens is 268 g/mol. The number of rotatable bonds is 5. The summed E-state index contributed by atoms with van der Waals surface area (Å²) in [5, 5.41) is 0. The van der Waals surface area contributed by atoms with Gasteiger partial charge in [-0.25, -0.2) is 0 Å². The van der Waals surface area contributed by atoms with Crippen LogP contribution in [0.15, 0.2) is 34.9 Å². The highest BCUT2D eigenvalue weighted by Gasteiger charge is 2.18. The number of hydrogen-bond donors (Lipinski definition) is 1. The van der Waals surface area contributed by atoms with Gasteiger partial charge in [-0.15, -0.1) is 0 Å². The zero-order valence-electron chi connectivity index (χ0n) is 12.2. The molecular formula is C16H20N2O3. The fourth-order valence-corrected chi connectivity index (χ4v) is 2.59. The van der Waals surface area contributed by atoms with Crippen molar-refractivity contribution in [3.8, 4) is 5.75 Å². The summed E-state index contributed by atoms with van der Waals surface area (Å²) in [5.74, 6) is 1.87. The van der Waals surface area contributed by atoms with Gasteiger partial charge in [-0.3, -0.25) is 4.90 Å². The first-order chi connectivity index (χ1) is 10.3. The van der Waals surface area contributed by atoms with Gasteiger partial charge in [-0.05, 0) is 30.8 Å². The first-order valence-electron chi connectivity index (χ1n) is 7.13. The Bertz CT molecular complexity index is 596. The normalized spacial score (nSPS) is 14.0. The summed E-state index contributed by atoms with van der Waals surface area (Å²) < 4.78 is 16.4. The van der Waals surface area contributed by atoms with Crippen molar-refractivity contribution in [3.05, 3.63) is 47.4 Å². The Balaban J connectivity index is 1.81. The number of nitrogens with zero attached hydrogens (tertiary/aromatic N) is 1. The van der Waals surface area contributed by atoms with Crippen molar-refractivity contribution >= 4 is 5.69 Å². The first kappa shape index (κ1) is 14.0. The van der Waals surface area contributed by atoms with Crippen LogP contribution in [0, 0.1) is 0 Å². The van der Waals surface area contributed by atoms with Gasteiger partial charge in [-0.2, -0.15) is 0 Å². The summed E-state index contributed by atoms with van der Waals surface area (Å²) in [5.41, 5.74) is 8.85. The molecule has 2 N–H and O–H groups in total. The Morgan fingerprint density at radius 1 is 1.29 bits per heavy atom. The Labute approximate surface area is 124 Å². The third-order valence-corrected chi connectivity index (χ3v) is 3.61. The van der Waals surface area contributed by atoms with Gasteiger partial charge in [0.25, 0.3) is 0 Å². The van der Waals surface area contributed by atoms with E-state index in [-0.39, 0.29) is 0 Å². The molecule has 1 aliphatic rings. The van der Waals surface area contributed by atoms with E-state index in [1.807, 2.05) is 24.3 Å². The van der Waals surface area contributed by atoms with Gasteiger partial charge in [0, 0.05) is 23.4 Å². The lowest BCUT2D eigenvalue weighted by atomic mass is 10.1. The highest BCUT2D eigenvalue weighted by molar-refractivity contribution is 5.53. The van der Waals surface area contributed by atoms with Crippen molar-refractivity contribution in [2.75, 3.05) is 19.1 Å². The quantitative estimate of drug-likeness (QED) is 0.857. The van der Waals surface area contributed by atoms with Crippen LogP contribution in [-0.4, -0.2) is 18.2 Å².